The van der Waals surface area contributed by atoms with E-state index in [0.717, 1.165) is 37.1 Å². The quantitative estimate of drug-likeness (QED) is 0.216. The van der Waals surface area contributed by atoms with E-state index in [1.54, 1.807) is 0 Å². The molecule has 0 radical (unpaired) electrons. The Morgan fingerprint density at radius 3 is 1.53 bits per heavy atom. The molecule has 36 heavy (non-hydrogen) atoms. The third-order valence-electron chi connectivity index (χ3n) is 6.04. The summed E-state index contributed by atoms with van der Waals surface area (Å²) in [5.74, 6) is -1.05. The van der Waals surface area contributed by atoms with Crippen LogP contribution < -0.4 is 20.1 Å². The van der Waals surface area contributed by atoms with E-state index in [2.05, 4.69) is 10.6 Å². The van der Waals surface area contributed by atoms with Crippen molar-refractivity contribution in [1.82, 2.24) is 10.6 Å². The summed E-state index contributed by atoms with van der Waals surface area (Å²) >= 11 is 0. The number of hydrogen-bond acceptors (Lipinski definition) is 6. The molecule has 0 amide bonds. The number of hydrogen-bond donors (Lipinski definition) is 4. The first-order valence-corrected chi connectivity index (χ1v) is 12.6. The van der Waals surface area contributed by atoms with Crippen LogP contribution in [0.15, 0.2) is 48.5 Å². The fourth-order valence-corrected chi connectivity index (χ4v) is 4.09. The molecule has 0 aliphatic rings. The lowest BCUT2D eigenvalue weighted by atomic mass is 9.95. The van der Waals surface area contributed by atoms with Crippen LogP contribution in [-0.2, 0) is 22.4 Å². The SMILES string of the molecule is CNCCCC(Cc1cccc(OCCOc2cccc(CC(CCCNC)C(=O)O)c2)c1)C(=O)O. The minimum absolute atomic E-state index is 0.333. The van der Waals surface area contributed by atoms with Gasteiger partial charge < -0.3 is 30.3 Å². The van der Waals surface area contributed by atoms with E-state index in [9.17, 15) is 19.8 Å². The number of ether oxygens (including phenoxy) is 2. The summed E-state index contributed by atoms with van der Waals surface area (Å²) in [5.41, 5.74) is 1.86. The molecular weight excluding hydrogens is 460 g/mol. The van der Waals surface area contributed by atoms with Crippen molar-refractivity contribution in [2.45, 2.75) is 38.5 Å². The summed E-state index contributed by atoms with van der Waals surface area (Å²) in [6.45, 7) is 2.26. The van der Waals surface area contributed by atoms with E-state index >= 15 is 0 Å². The highest BCUT2D eigenvalue weighted by Crippen LogP contribution is 2.21. The third kappa shape index (κ3) is 11.1. The molecule has 0 fully saturated rings. The fraction of sp³-hybridized carbons (Fsp3) is 0.500. The van der Waals surface area contributed by atoms with Gasteiger partial charge in [-0.25, -0.2) is 0 Å². The molecule has 2 aromatic rings. The number of nitrogens with one attached hydrogen (secondary N) is 2. The number of aliphatic carboxylic acids is 2. The van der Waals surface area contributed by atoms with Gasteiger partial charge >= 0.3 is 11.9 Å². The second-order valence-electron chi connectivity index (χ2n) is 8.96. The smallest absolute Gasteiger partial charge is 0.306 e. The average Bonchev–Trinajstić information content (AvgIpc) is 2.86. The summed E-state index contributed by atoms with van der Waals surface area (Å²) in [4.78, 5) is 23.2. The van der Waals surface area contributed by atoms with Crippen LogP contribution in [0.1, 0.15) is 36.8 Å². The lowest BCUT2D eigenvalue weighted by molar-refractivity contribution is -0.142. The second-order valence-corrected chi connectivity index (χ2v) is 8.96. The Morgan fingerprint density at radius 2 is 1.17 bits per heavy atom. The summed E-state index contributed by atoms with van der Waals surface area (Å²) in [5, 5.41) is 25.2. The van der Waals surface area contributed by atoms with Crippen molar-refractivity contribution in [2.24, 2.45) is 11.8 Å². The first-order valence-electron chi connectivity index (χ1n) is 12.6. The average molecular weight is 501 g/mol. The van der Waals surface area contributed by atoms with Gasteiger partial charge in [-0.3, -0.25) is 9.59 Å². The zero-order valence-electron chi connectivity index (χ0n) is 21.4. The van der Waals surface area contributed by atoms with Crippen molar-refractivity contribution < 1.29 is 29.3 Å². The third-order valence-corrected chi connectivity index (χ3v) is 6.04. The molecular formula is C28H40N2O6. The number of rotatable bonds is 19. The lowest BCUT2D eigenvalue weighted by Gasteiger charge is -2.14. The highest BCUT2D eigenvalue weighted by Gasteiger charge is 2.19. The highest BCUT2D eigenvalue weighted by atomic mass is 16.5. The minimum atomic E-state index is -0.777. The van der Waals surface area contributed by atoms with Crippen LogP contribution >= 0.6 is 0 Å². The van der Waals surface area contributed by atoms with Gasteiger partial charge in [0, 0.05) is 0 Å². The molecule has 198 valence electrons. The minimum Gasteiger partial charge on any atom is -0.490 e. The number of benzene rings is 2. The van der Waals surface area contributed by atoms with Gasteiger partial charge in [0.2, 0.25) is 0 Å². The summed E-state index contributed by atoms with van der Waals surface area (Å²) in [7, 11) is 3.72. The van der Waals surface area contributed by atoms with Crippen molar-refractivity contribution in [2.75, 3.05) is 40.4 Å². The molecule has 0 saturated heterocycles. The van der Waals surface area contributed by atoms with Crippen molar-refractivity contribution in [1.29, 1.82) is 0 Å². The Bertz CT molecular complexity index is 860. The van der Waals surface area contributed by atoms with Crippen LogP contribution in [0.2, 0.25) is 0 Å². The first-order chi connectivity index (χ1) is 17.4. The predicted octanol–water partition coefficient (Wildman–Crippen LogP) is 3.63. The molecule has 2 rings (SSSR count). The maximum absolute atomic E-state index is 11.6. The van der Waals surface area contributed by atoms with Crippen LogP contribution in [0.3, 0.4) is 0 Å². The number of carboxylic acid groups (broad SMARTS) is 2. The molecule has 0 saturated carbocycles. The molecule has 8 heteroatoms. The fourth-order valence-electron chi connectivity index (χ4n) is 4.09. The number of carbonyl (C=O) groups is 2. The normalized spacial score (nSPS) is 12.6. The van der Waals surface area contributed by atoms with Gasteiger partial charge in [-0.2, -0.15) is 0 Å². The van der Waals surface area contributed by atoms with Crippen molar-refractivity contribution >= 4 is 11.9 Å². The van der Waals surface area contributed by atoms with Gasteiger partial charge in [-0.1, -0.05) is 24.3 Å². The van der Waals surface area contributed by atoms with Crippen molar-refractivity contribution in [3.8, 4) is 11.5 Å². The zero-order chi connectivity index (χ0) is 26.2. The molecule has 0 spiro atoms. The van der Waals surface area contributed by atoms with Crippen molar-refractivity contribution in [3.05, 3.63) is 59.7 Å². The molecule has 2 unspecified atom stereocenters. The predicted molar refractivity (Wildman–Crippen MR) is 140 cm³/mol. The Balaban J connectivity index is 1.83. The second kappa shape index (κ2) is 16.5. The van der Waals surface area contributed by atoms with Crippen LogP contribution in [0.4, 0.5) is 0 Å². The molecule has 4 N–H and O–H groups in total. The Morgan fingerprint density at radius 1 is 0.750 bits per heavy atom. The molecule has 0 heterocycles. The van der Waals surface area contributed by atoms with Gasteiger partial charge in [-0.15, -0.1) is 0 Å². The maximum atomic E-state index is 11.6. The molecule has 0 aliphatic carbocycles. The summed E-state index contributed by atoms with van der Waals surface area (Å²) in [6.07, 6.45) is 3.80. The maximum Gasteiger partial charge on any atom is 0.306 e. The Hall–Kier alpha value is -3.10. The molecule has 0 bridgehead atoms. The molecule has 0 aliphatic heterocycles. The van der Waals surface area contributed by atoms with E-state index in [0.29, 0.717) is 50.4 Å². The standard InChI is InChI=1S/C28H40N2O6/c1-29-13-5-9-23(27(31)32)17-21-7-3-11-25(19-21)35-15-16-36-26-12-4-8-22(20-26)18-24(28(33)34)10-6-14-30-2/h3-4,7-8,11-12,19-20,23-24,29-30H,5-6,9-10,13-18H2,1-2H3,(H,31,32)(H,33,34). The van der Waals surface area contributed by atoms with Crippen LogP contribution in [0.5, 0.6) is 11.5 Å². The van der Waals surface area contributed by atoms with E-state index in [-0.39, 0.29) is 0 Å². The molecule has 0 aromatic heterocycles. The Labute approximate surface area is 214 Å². The largest absolute Gasteiger partial charge is 0.490 e. The zero-order valence-corrected chi connectivity index (χ0v) is 21.4. The van der Waals surface area contributed by atoms with Crippen LogP contribution in [0, 0.1) is 11.8 Å². The highest BCUT2D eigenvalue weighted by molar-refractivity contribution is 5.70. The van der Waals surface area contributed by atoms with Crippen LogP contribution in [-0.4, -0.2) is 62.6 Å². The summed E-state index contributed by atoms with van der Waals surface area (Å²) in [6, 6.07) is 15.1. The number of carboxylic acids is 2. The van der Waals surface area contributed by atoms with Gasteiger partial charge in [-0.05, 0) is 101 Å². The Kier molecular flexibility index (Phi) is 13.4. The lowest BCUT2D eigenvalue weighted by Crippen LogP contribution is -2.19. The van der Waals surface area contributed by atoms with Crippen LogP contribution in [0.25, 0.3) is 0 Å². The monoisotopic (exact) mass is 500 g/mol. The molecule has 8 nitrogen and oxygen atoms in total. The topological polar surface area (TPSA) is 117 Å². The van der Waals surface area contributed by atoms with Gasteiger partial charge in [0.15, 0.2) is 0 Å². The van der Waals surface area contributed by atoms with Gasteiger partial charge in [0.05, 0.1) is 11.8 Å². The first kappa shape index (κ1) is 29.1. The van der Waals surface area contributed by atoms with Gasteiger partial charge in [0.1, 0.15) is 24.7 Å². The van der Waals surface area contributed by atoms with Gasteiger partial charge in [0.25, 0.3) is 0 Å². The summed E-state index contributed by atoms with van der Waals surface area (Å²) < 4.78 is 11.6. The molecule has 2 atom stereocenters. The van der Waals surface area contributed by atoms with E-state index in [1.165, 1.54) is 0 Å². The van der Waals surface area contributed by atoms with Crippen molar-refractivity contribution in [3.63, 3.8) is 0 Å². The van der Waals surface area contributed by atoms with E-state index in [1.807, 2.05) is 62.6 Å². The van der Waals surface area contributed by atoms with E-state index in [4.69, 9.17) is 9.47 Å². The van der Waals surface area contributed by atoms with E-state index < -0.39 is 23.8 Å². The molecule has 2 aromatic carbocycles.